The highest BCUT2D eigenvalue weighted by molar-refractivity contribution is 6.04. The summed E-state index contributed by atoms with van der Waals surface area (Å²) in [4.78, 5) is 11.8. The first-order valence-electron chi connectivity index (χ1n) is 5.69. The summed E-state index contributed by atoms with van der Waals surface area (Å²) in [5.74, 6) is 0. The van der Waals surface area contributed by atoms with E-state index in [-0.39, 0.29) is 5.56 Å². The van der Waals surface area contributed by atoms with Gasteiger partial charge in [-0.05, 0) is 5.56 Å². The Hall–Kier alpha value is -2.43. The molecular formula is C13H12N4O. The lowest BCUT2D eigenvalue weighted by atomic mass is 10.0. The predicted octanol–water partition coefficient (Wildman–Crippen LogP) is 1.17. The summed E-state index contributed by atoms with van der Waals surface area (Å²) in [6, 6.07) is 9.87. The second kappa shape index (κ2) is 4.10. The summed E-state index contributed by atoms with van der Waals surface area (Å²) < 4.78 is 0. The van der Waals surface area contributed by atoms with Gasteiger partial charge in [-0.1, -0.05) is 30.3 Å². The number of rotatable bonds is 1. The molecule has 0 amide bonds. The molecule has 2 heterocycles. The summed E-state index contributed by atoms with van der Waals surface area (Å²) in [5.41, 5.74) is 3.25. The Kier molecular flexibility index (Phi) is 2.44. The first kappa shape index (κ1) is 10.7. The lowest BCUT2D eigenvalue weighted by Crippen LogP contribution is -2.29. The molecular weight excluding hydrogens is 228 g/mol. The largest absolute Gasteiger partial charge is 0.269 e. The summed E-state index contributed by atoms with van der Waals surface area (Å²) in [6.07, 6.45) is 2.16. The first-order chi connectivity index (χ1) is 8.75. The maximum atomic E-state index is 11.8. The van der Waals surface area contributed by atoms with Gasteiger partial charge >= 0.3 is 0 Å². The van der Waals surface area contributed by atoms with Gasteiger partial charge in [0, 0.05) is 13.5 Å². The van der Waals surface area contributed by atoms with E-state index in [1.54, 1.807) is 11.2 Å². The van der Waals surface area contributed by atoms with Crippen LogP contribution in [-0.4, -0.2) is 23.0 Å². The van der Waals surface area contributed by atoms with Crippen molar-refractivity contribution in [2.45, 2.75) is 6.42 Å². The zero-order valence-corrected chi connectivity index (χ0v) is 9.92. The number of hydrogen-bond donors (Lipinski definition) is 1. The van der Waals surface area contributed by atoms with Gasteiger partial charge in [-0.3, -0.25) is 9.80 Å². The van der Waals surface area contributed by atoms with Crippen LogP contribution < -0.4 is 10.6 Å². The van der Waals surface area contributed by atoms with Crippen molar-refractivity contribution in [3.8, 4) is 0 Å². The minimum atomic E-state index is -0.150. The van der Waals surface area contributed by atoms with E-state index < -0.39 is 0 Å². The van der Waals surface area contributed by atoms with Gasteiger partial charge in [0.25, 0.3) is 5.56 Å². The molecule has 2 aromatic rings. The number of hydrogen-bond acceptors (Lipinski definition) is 4. The van der Waals surface area contributed by atoms with E-state index in [9.17, 15) is 4.79 Å². The molecule has 18 heavy (non-hydrogen) atoms. The van der Waals surface area contributed by atoms with Crippen molar-refractivity contribution in [2.75, 3.05) is 12.1 Å². The Morgan fingerprint density at radius 2 is 2.06 bits per heavy atom. The van der Waals surface area contributed by atoms with E-state index in [0.29, 0.717) is 12.0 Å². The van der Waals surface area contributed by atoms with E-state index in [4.69, 9.17) is 0 Å². The highest BCUT2D eigenvalue weighted by Crippen LogP contribution is 2.22. The predicted molar refractivity (Wildman–Crippen MR) is 69.9 cm³/mol. The number of aromatic nitrogens is 2. The van der Waals surface area contributed by atoms with Gasteiger partial charge in [0.2, 0.25) is 0 Å². The van der Waals surface area contributed by atoms with Crippen LogP contribution in [0.3, 0.4) is 0 Å². The van der Waals surface area contributed by atoms with Gasteiger partial charge in [0.1, 0.15) is 0 Å². The number of hydrazone groups is 1. The van der Waals surface area contributed by atoms with Gasteiger partial charge < -0.3 is 0 Å². The van der Waals surface area contributed by atoms with Crippen LogP contribution in [-0.2, 0) is 6.42 Å². The van der Waals surface area contributed by atoms with Crippen molar-refractivity contribution in [3.05, 3.63) is 58.0 Å². The smallest absolute Gasteiger partial charge is 0.268 e. The number of nitrogens with zero attached hydrogens (tertiary/aromatic N) is 3. The molecule has 1 aliphatic rings. The lowest BCUT2D eigenvalue weighted by molar-refractivity contribution is 0.892. The molecule has 3 rings (SSSR count). The fraction of sp³-hybridized carbons (Fsp3) is 0.154. The van der Waals surface area contributed by atoms with Crippen LogP contribution in [0.25, 0.3) is 0 Å². The average molecular weight is 240 g/mol. The van der Waals surface area contributed by atoms with Crippen molar-refractivity contribution in [1.29, 1.82) is 0 Å². The van der Waals surface area contributed by atoms with Crippen LogP contribution in [0.2, 0.25) is 0 Å². The highest BCUT2D eigenvalue weighted by atomic mass is 16.1. The summed E-state index contributed by atoms with van der Waals surface area (Å²) in [5, 5.41) is 12.5. The molecule has 1 aromatic carbocycles. The number of H-pyrrole nitrogens is 1. The fourth-order valence-electron chi connectivity index (χ4n) is 2.09. The number of aromatic amines is 1. The standard InChI is InChI=1S/C13H12N4O/c1-17-12-8-14-15-13(18)10(12)7-11(16-17)9-5-3-2-4-6-9/h2-6,8H,7H2,1H3,(H,15,18). The molecule has 5 nitrogen and oxygen atoms in total. The third-order valence-electron chi connectivity index (χ3n) is 3.01. The molecule has 0 radical (unpaired) electrons. The second-order valence-corrected chi connectivity index (χ2v) is 4.18. The van der Waals surface area contributed by atoms with E-state index in [2.05, 4.69) is 15.3 Å². The van der Waals surface area contributed by atoms with Gasteiger partial charge in [-0.15, -0.1) is 0 Å². The molecule has 0 spiro atoms. The summed E-state index contributed by atoms with van der Waals surface area (Å²) in [6.45, 7) is 0. The minimum absolute atomic E-state index is 0.150. The number of nitrogens with one attached hydrogen (secondary N) is 1. The number of anilines is 1. The quantitative estimate of drug-likeness (QED) is 0.813. The molecule has 1 aliphatic heterocycles. The summed E-state index contributed by atoms with van der Waals surface area (Å²) >= 11 is 0. The molecule has 1 N–H and O–H groups in total. The Morgan fingerprint density at radius 1 is 1.28 bits per heavy atom. The topological polar surface area (TPSA) is 61.4 Å². The molecule has 0 bridgehead atoms. The lowest BCUT2D eigenvalue weighted by Gasteiger charge is -2.23. The van der Waals surface area contributed by atoms with Gasteiger partial charge in [-0.2, -0.15) is 10.2 Å². The molecule has 90 valence electrons. The van der Waals surface area contributed by atoms with E-state index in [1.807, 2.05) is 37.4 Å². The van der Waals surface area contributed by atoms with Gasteiger partial charge in [0.15, 0.2) is 0 Å². The normalized spacial score (nSPS) is 14.1. The van der Waals surface area contributed by atoms with Crippen molar-refractivity contribution in [3.63, 3.8) is 0 Å². The van der Waals surface area contributed by atoms with Gasteiger partial charge in [-0.25, -0.2) is 5.10 Å². The fourth-order valence-corrected chi connectivity index (χ4v) is 2.09. The maximum absolute atomic E-state index is 11.8. The van der Waals surface area contributed by atoms with Crippen molar-refractivity contribution in [2.24, 2.45) is 5.10 Å². The molecule has 0 fully saturated rings. The highest BCUT2D eigenvalue weighted by Gasteiger charge is 2.20. The van der Waals surface area contributed by atoms with E-state index >= 15 is 0 Å². The molecule has 1 aromatic heterocycles. The molecule has 0 atom stereocenters. The second-order valence-electron chi connectivity index (χ2n) is 4.18. The molecule has 0 saturated carbocycles. The number of fused-ring (bicyclic) bond motifs is 1. The third-order valence-corrected chi connectivity index (χ3v) is 3.01. The zero-order valence-electron chi connectivity index (χ0n) is 9.92. The average Bonchev–Trinajstić information content (AvgIpc) is 2.41. The maximum Gasteiger partial charge on any atom is 0.269 e. The van der Waals surface area contributed by atoms with Crippen LogP contribution in [0.5, 0.6) is 0 Å². The van der Waals surface area contributed by atoms with Crippen LogP contribution in [0, 0.1) is 0 Å². The third kappa shape index (κ3) is 1.69. The van der Waals surface area contributed by atoms with Crippen LogP contribution in [0.15, 0.2) is 46.4 Å². The Bertz CT molecular complexity index is 660. The zero-order chi connectivity index (χ0) is 12.5. The molecule has 0 saturated heterocycles. The Balaban J connectivity index is 2.09. The summed E-state index contributed by atoms with van der Waals surface area (Å²) in [7, 11) is 1.82. The van der Waals surface area contributed by atoms with Crippen LogP contribution in [0.1, 0.15) is 11.1 Å². The molecule has 5 heteroatoms. The monoisotopic (exact) mass is 240 g/mol. The van der Waals surface area contributed by atoms with Crippen molar-refractivity contribution < 1.29 is 0 Å². The first-order valence-corrected chi connectivity index (χ1v) is 5.69. The minimum Gasteiger partial charge on any atom is -0.268 e. The van der Waals surface area contributed by atoms with Crippen molar-refractivity contribution >= 4 is 11.4 Å². The van der Waals surface area contributed by atoms with Crippen LogP contribution >= 0.6 is 0 Å². The Labute approximate surface area is 104 Å². The SMILES string of the molecule is CN1N=C(c2ccccc2)Cc2c1cn[nH]c2=O. The Morgan fingerprint density at radius 3 is 2.83 bits per heavy atom. The van der Waals surface area contributed by atoms with Crippen LogP contribution in [0.4, 0.5) is 5.69 Å². The van der Waals surface area contributed by atoms with E-state index in [1.165, 1.54) is 0 Å². The molecule has 0 aliphatic carbocycles. The molecule has 0 unspecified atom stereocenters. The van der Waals surface area contributed by atoms with Gasteiger partial charge in [0.05, 0.1) is 23.2 Å². The van der Waals surface area contributed by atoms with Crippen molar-refractivity contribution in [1.82, 2.24) is 10.2 Å². The van der Waals surface area contributed by atoms with E-state index in [0.717, 1.165) is 17.0 Å². The number of benzene rings is 1.